The molecule has 0 fully saturated rings. The summed E-state index contributed by atoms with van der Waals surface area (Å²) < 4.78 is 0. The van der Waals surface area contributed by atoms with Crippen molar-refractivity contribution in [1.82, 2.24) is 15.2 Å². The number of hydrogen-bond donors (Lipinski definition) is 2. The lowest BCUT2D eigenvalue weighted by molar-refractivity contribution is 0.867. The van der Waals surface area contributed by atoms with Crippen LogP contribution >= 0.6 is 11.6 Å². The summed E-state index contributed by atoms with van der Waals surface area (Å²) in [6.07, 6.45) is 1.59. The summed E-state index contributed by atoms with van der Waals surface area (Å²) in [6.45, 7) is 6.29. The first-order chi connectivity index (χ1) is 12.0. The predicted octanol–water partition coefficient (Wildman–Crippen LogP) is 5.44. The Hall–Kier alpha value is -2.66. The molecule has 0 saturated heterocycles. The second-order valence-corrected chi connectivity index (χ2v) is 6.55. The van der Waals surface area contributed by atoms with Gasteiger partial charge >= 0.3 is 0 Å². The molecule has 0 spiro atoms. The summed E-state index contributed by atoms with van der Waals surface area (Å²) in [7, 11) is 0. The Kier molecular flexibility index (Phi) is 5.14. The number of halogens is 1. The van der Waals surface area contributed by atoms with E-state index in [0.717, 1.165) is 16.9 Å². The van der Waals surface area contributed by atoms with Crippen LogP contribution in [0.25, 0.3) is 0 Å². The quantitative estimate of drug-likeness (QED) is 0.639. The molecule has 0 unspecified atom stereocenters. The van der Waals surface area contributed by atoms with Crippen LogP contribution in [0, 0.1) is 6.92 Å². The van der Waals surface area contributed by atoms with Gasteiger partial charge in [-0.05, 0) is 48.2 Å². The molecule has 0 aliphatic carbocycles. The summed E-state index contributed by atoms with van der Waals surface area (Å²) in [4.78, 5) is 4.50. The Balaban J connectivity index is 1.82. The average molecular weight is 354 g/mol. The van der Waals surface area contributed by atoms with Crippen molar-refractivity contribution in [3.63, 3.8) is 0 Å². The number of hydrogen-bond acceptors (Lipinski definition) is 5. The van der Waals surface area contributed by atoms with Gasteiger partial charge in [0.25, 0.3) is 0 Å². The van der Waals surface area contributed by atoms with Crippen LogP contribution in [-0.4, -0.2) is 15.2 Å². The van der Waals surface area contributed by atoms with Crippen LogP contribution in [0.15, 0.2) is 48.7 Å². The molecule has 3 aromatic rings. The minimum absolute atomic E-state index is 0.398. The predicted molar refractivity (Wildman–Crippen MR) is 103 cm³/mol. The smallest absolute Gasteiger partial charge is 0.249 e. The summed E-state index contributed by atoms with van der Waals surface area (Å²) >= 11 is 6.00. The van der Waals surface area contributed by atoms with Gasteiger partial charge in [-0.1, -0.05) is 43.6 Å². The molecular formula is C19H20ClN5. The van der Waals surface area contributed by atoms with Gasteiger partial charge in [-0.15, -0.1) is 5.10 Å². The van der Waals surface area contributed by atoms with E-state index < -0.39 is 0 Å². The van der Waals surface area contributed by atoms with Gasteiger partial charge in [-0.3, -0.25) is 0 Å². The third-order valence-electron chi connectivity index (χ3n) is 3.84. The van der Waals surface area contributed by atoms with Crippen molar-refractivity contribution < 1.29 is 0 Å². The zero-order valence-electron chi connectivity index (χ0n) is 14.4. The number of nitrogens with zero attached hydrogens (tertiary/aromatic N) is 3. The largest absolute Gasteiger partial charge is 0.339 e. The van der Waals surface area contributed by atoms with E-state index in [-0.39, 0.29) is 0 Å². The molecule has 1 heterocycles. The van der Waals surface area contributed by atoms with E-state index in [0.29, 0.717) is 22.7 Å². The maximum Gasteiger partial charge on any atom is 0.249 e. The van der Waals surface area contributed by atoms with Crippen LogP contribution in [0.5, 0.6) is 0 Å². The maximum absolute atomic E-state index is 6.00. The average Bonchev–Trinajstić information content (AvgIpc) is 2.58. The summed E-state index contributed by atoms with van der Waals surface area (Å²) in [6, 6.07) is 13.8. The lowest BCUT2D eigenvalue weighted by Gasteiger charge is -2.14. The fourth-order valence-corrected chi connectivity index (χ4v) is 2.78. The minimum Gasteiger partial charge on any atom is -0.339 e. The van der Waals surface area contributed by atoms with Gasteiger partial charge in [0.1, 0.15) is 0 Å². The molecule has 0 saturated carbocycles. The number of aromatic nitrogens is 3. The maximum atomic E-state index is 6.00. The van der Waals surface area contributed by atoms with E-state index in [9.17, 15) is 0 Å². The molecular weight excluding hydrogens is 334 g/mol. The number of benzene rings is 2. The van der Waals surface area contributed by atoms with Gasteiger partial charge in [0.2, 0.25) is 5.95 Å². The van der Waals surface area contributed by atoms with Crippen molar-refractivity contribution >= 4 is 34.7 Å². The minimum atomic E-state index is 0.398. The highest BCUT2D eigenvalue weighted by molar-refractivity contribution is 6.30. The fraction of sp³-hybridized carbons (Fsp3) is 0.211. The molecule has 0 radical (unpaired) electrons. The molecule has 1 aromatic heterocycles. The molecule has 3 rings (SSSR count). The van der Waals surface area contributed by atoms with Gasteiger partial charge in [-0.25, -0.2) is 0 Å². The highest BCUT2D eigenvalue weighted by atomic mass is 35.5. The third-order valence-corrected chi connectivity index (χ3v) is 4.07. The first kappa shape index (κ1) is 17.2. The second kappa shape index (κ2) is 7.49. The normalized spacial score (nSPS) is 10.8. The molecule has 0 bridgehead atoms. The molecule has 0 atom stereocenters. The Morgan fingerprint density at radius 1 is 1.00 bits per heavy atom. The highest BCUT2D eigenvalue weighted by Gasteiger charge is 2.08. The van der Waals surface area contributed by atoms with Crippen LogP contribution in [0.2, 0.25) is 5.02 Å². The first-order valence-electron chi connectivity index (χ1n) is 8.12. The van der Waals surface area contributed by atoms with Crippen molar-refractivity contribution in [2.75, 3.05) is 10.6 Å². The van der Waals surface area contributed by atoms with Crippen molar-refractivity contribution in [3.8, 4) is 0 Å². The molecule has 2 N–H and O–H groups in total. The topological polar surface area (TPSA) is 62.7 Å². The number of nitrogens with one attached hydrogen (secondary N) is 2. The summed E-state index contributed by atoms with van der Waals surface area (Å²) in [5, 5.41) is 15.3. The van der Waals surface area contributed by atoms with Gasteiger partial charge in [0.05, 0.1) is 6.20 Å². The molecule has 0 amide bonds. The lowest BCUT2D eigenvalue weighted by Crippen LogP contribution is -2.05. The lowest BCUT2D eigenvalue weighted by atomic mass is 10.0. The standard InChI is InChI=1S/C19H20ClN5/c1-12(2)15-6-4-5-7-17(15)23-19-24-18(11-21-25-19)22-16-9-8-14(20)10-13(16)3/h4-12H,1-3H3,(H2,22,23,24,25). The number of anilines is 4. The molecule has 0 aliphatic rings. The molecule has 6 heteroatoms. The van der Waals surface area contributed by atoms with Crippen LogP contribution in [0.1, 0.15) is 30.9 Å². The van der Waals surface area contributed by atoms with Crippen LogP contribution < -0.4 is 10.6 Å². The van der Waals surface area contributed by atoms with Crippen LogP contribution in [0.3, 0.4) is 0 Å². The van der Waals surface area contributed by atoms with Gasteiger partial charge in [0, 0.05) is 16.4 Å². The number of para-hydroxylation sites is 1. The Labute approximate surface area is 152 Å². The zero-order valence-corrected chi connectivity index (χ0v) is 15.2. The Morgan fingerprint density at radius 3 is 2.56 bits per heavy atom. The summed E-state index contributed by atoms with van der Waals surface area (Å²) in [5.41, 5.74) is 4.15. The Bertz CT molecular complexity index is 879. The van der Waals surface area contributed by atoms with E-state index in [1.807, 2.05) is 43.3 Å². The number of rotatable bonds is 5. The van der Waals surface area contributed by atoms with Crippen molar-refractivity contribution in [2.45, 2.75) is 26.7 Å². The van der Waals surface area contributed by atoms with E-state index in [1.165, 1.54) is 5.56 Å². The SMILES string of the molecule is Cc1cc(Cl)ccc1Nc1cnnc(Nc2ccccc2C(C)C)n1. The van der Waals surface area contributed by atoms with Crippen LogP contribution in [-0.2, 0) is 0 Å². The third kappa shape index (κ3) is 4.25. The first-order valence-corrected chi connectivity index (χ1v) is 8.49. The zero-order chi connectivity index (χ0) is 17.8. The van der Waals surface area contributed by atoms with Crippen LogP contribution in [0.4, 0.5) is 23.1 Å². The molecule has 0 aliphatic heterocycles. The Morgan fingerprint density at radius 2 is 1.80 bits per heavy atom. The summed E-state index contributed by atoms with van der Waals surface area (Å²) in [5.74, 6) is 1.46. The van der Waals surface area contributed by atoms with E-state index >= 15 is 0 Å². The van der Waals surface area contributed by atoms with Crippen molar-refractivity contribution in [3.05, 3.63) is 64.8 Å². The number of aryl methyl sites for hydroxylation is 1. The molecule has 5 nitrogen and oxygen atoms in total. The highest BCUT2D eigenvalue weighted by Crippen LogP contribution is 2.26. The van der Waals surface area contributed by atoms with Gasteiger partial charge < -0.3 is 10.6 Å². The molecule has 2 aromatic carbocycles. The van der Waals surface area contributed by atoms with E-state index in [4.69, 9.17) is 11.6 Å². The van der Waals surface area contributed by atoms with E-state index in [2.05, 4.69) is 45.7 Å². The van der Waals surface area contributed by atoms with Crippen molar-refractivity contribution in [1.29, 1.82) is 0 Å². The monoisotopic (exact) mass is 353 g/mol. The van der Waals surface area contributed by atoms with Crippen molar-refractivity contribution in [2.24, 2.45) is 0 Å². The second-order valence-electron chi connectivity index (χ2n) is 6.12. The van der Waals surface area contributed by atoms with Gasteiger partial charge in [0.15, 0.2) is 5.82 Å². The van der Waals surface area contributed by atoms with Gasteiger partial charge in [-0.2, -0.15) is 10.1 Å². The molecule has 128 valence electrons. The fourth-order valence-electron chi connectivity index (χ4n) is 2.56. The molecule has 25 heavy (non-hydrogen) atoms. The van der Waals surface area contributed by atoms with E-state index in [1.54, 1.807) is 6.20 Å².